The topological polar surface area (TPSA) is 79.5 Å². The number of amides is 1. The Balaban J connectivity index is 2.22. The van der Waals surface area contributed by atoms with Crippen molar-refractivity contribution >= 4 is 11.9 Å². The summed E-state index contributed by atoms with van der Waals surface area (Å²) in [5.41, 5.74) is -0.665. The lowest BCUT2D eigenvalue weighted by Gasteiger charge is -2.33. The highest BCUT2D eigenvalue weighted by molar-refractivity contribution is 5.93. The average molecular weight is 333 g/mol. The highest BCUT2D eigenvalue weighted by Crippen LogP contribution is 2.26. The van der Waals surface area contributed by atoms with Gasteiger partial charge in [-0.25, -0.2) is 4.39 Å². The second-order valence-corrected chi connectivity index (χ2v) is 6.24. The van der Waals surface area contributed by atoms with E-state index >= 15 is 0 Å². The number of aliphatic carboxylic acids is 1. The number of furan rings is 1. The first-order chi connectivity index (χ1) is 11.2. The first-order valence-electron chi connectivity index (χ1n) is 7.62. The van der Waals surface area contributed by atoms with Gasteiger partial charge in [0, 0.05) is 0 Å². The second kappa shape index (κ2) is 6.86. The monoisotopic (exact) mass is 333 g/mol. The predicted octanol–water partition coefficient (Wildman–Crippen LogP) is 3.70. The van der Waals surface area contributed by atoms with Crippen molar-refractivity contribution in [2.75, 3.05) is 0 Å². The van der Waals surface area contributed by atoms with Crippen molar-refractivity contribution in [1.82, 2.24) is 5.32 Å². The van der Waals surface area contributed by atoms with Gasteiger partial charge in [0.15, 0.2) is 5.76 Å². The lowest BCUT2D eigenvalue weighted by molar-refractivity contribution is -0.138. The Labute approximate surface area is 139 Å². The third-order valence-corrected chi connectivity index (χ3v) is 4.16. The van der Waals surface area contributed by atoms with Crippen LogP contribution >= 0.6 is 0 Å². The van der Waals surface area contributed by atoms with Crippen LogP contribution in [-0.4, -0.2) is 22.5 Å². The summed E-state index contributed by atoms with van der Waals surface area (Å²) in [6.07, 6.45) is -0.211. The number of benzene rings is 1. The van der Waals surface area contributed by atoms with E-state index in [1.807, 2.05) is 13.8 Å². The van der Waals surface area contributed by atoms with Gasteiger partial charge in [0.1, 0.15) is 11.6 Å². The number of carboxylic acid groups (broad SMARTS) is 1. The second-order valence-electron chi connectivity index (χ2n) is 6.24. The summed E-state index contributed by atoms with van der Waals surface area (Å²) in [6.45, 7) is 5.33. The minimum absolute atomic E-state index is 0.00511. The van der Waals surface area contributed by atoms with Gasteiger partial charge in [-0.1, -0.05) is 26.0 Å². The van der Waals surface area contributed by atoms with E-state index < -0.39 is 23.2 Å². The first-order valence-corrected chi connectivity index (χ1v) is 7.62. The van der Waals surface area contributed by atoms with Gasteiger partial charge in [-0.15, -0.1) is 0 Å². The highest BCUT2D eigenvalue weighted by atomic mass is 19.1. The van der Waals surface area contributed by atoms with Crippen molar-refractivity contribution in [2.24, 2.45) is 5.92 Å². The van der Waals surface area contributed by atoms with Crippen molar-refractivity contribution in [3.63, 3.8) is 0 Å². The molecule has 2 N–H and O–H groups in total. The number of hydrogen-bond donors (Lipinski definition) is 2. The Morgan fingerprint density at radius 3 is 2.50 bits per heavy atom. The fourth-order valence-corrected chi connectivity index (χ4v) is 2.29. The van der Waals surface area contributed by atoms with Gasteiger partial charge in [-0.05, 0) is 37.1 Å². The smallest absolute Gasteiger partial charge is 0.305 e. The molecule has 5 nitrogen and oxygen atoms in total. The van der Waals surface area contributed by atoms with E-state index in [0.717, 1.165) is 0 Å². The van der Waals surface area contributed by atoms with Crippen LogP contribution in [0.15, 0.2) is 40.8 Å². The molecule has 0 aliphatic rings. The van der Waals surface area contributed by atoms with E-state index in [2.05, 4.69) is 5.32 Å². The maximum absolute atomic E-state index is 13.8. The molecule has 0 saturated carbocycles. The summed E-state index contributed by atoms with van der Waals surface area (Å²) in [7, 11) is 0. The molecule has 0 bridgehead atoms. The fraction of sp³-hybridized carbons (Fsp3) is 0.333. The molecule has 2 rings (SSSR count). The summed E-state index contributed by atoms with van der Waals surface area (Å²) in [6, 6.07) is 9.05. The molecule has 0 radical (unpaired) electrons. The number of nitrogens with one attached hydrogen (secondary N) is 1. The zero-order valence-electron chi connectivity index (χ0n) is 13.8. The molecule has 2 aromatic rings. The number of halogens is 1. The Hall–Kier alpha value is -2.63. The highest BCUT2D eigenvalue weighted by Gasteiger charge is 2.33. The van der Waals surface area contributed by atoms with E-state index in [0.29, 0.717) is 0 Å². The van der Waals surface area contributed by atoms with Gasteiger partial charge in [0.25, 0.3) is 5.91 Å². The lowest BCUT2D eigenvalue weighted by atomic mass is 9.85. The molecular formula is C18H20FNO4. The Kier molecular flexibility index (Phi) is 5.07. The molecule has 1 amide bonds. The van der Waals surface area contributed by atoms with E-state index in [1.165, 1.54) is 18.2 Å². The molecule has 1 heterocycles. The number of hydrogen-bond acceptors (Lipinski definition) is 3. The number of carbonyl (C=O) groups excluding carboxylic acids is 1. The Morgan fingerprint density at radius 1 is 1.25 bits per heavy atom. The third kappa shape index (κ3) is 3.82. The zero-order chi connectivity index (χ0) is 17.9. The zero-order valence-corrected chi connectivity index (χ0v) is 13.8. The van der Waals surface area contributed by atoms with Crippen LogP contribution in [0.2, 0.25) is 0 Å². The summed E-state index contributed by atoms with van der Waals surface area (Å²) in [4.78, 5) is 23.4. The van der Waals surface area contributed by atoms with Crippen LogP contribution in [0.25, 0.3) is 11.3 Å². The Morgan fingerprint density at radius 2 is 1.92 bits per heavy atom. The molecule has 128 valence electrons. The molecule has 1 atom stereocenters. The molecule has 6 heteroatoms. The van der Waals surface area contributed by atoms with Gasteiger partial charge in [-0.3, -0.25) is 9.59 Å². The van der Waals surface area contributed by atoms with Crippen LogP contribution in [0, 0.1) is 11.7 Å². The van der Waals surface area contributed by atoms with Crippen molar-refractivity contribution in [1.29, 1.82) is 0 Å². The van der Waals surface area contributed by atoms with Crippen LogP contribution in [0.3, 0.4) is 0 Å². The molecule has 1 aromatic carbocycles. The molecule has 0 saturated heterocycles. The molecule has 0 aliphatic heterocycles. The first kappa shape index (κ1) is 17.7. The molecule has 1 unspecified atom stereocenters. The third-order valence-electron chi connectivity index (χ3n) is 4.16. The lowest BCUT2D eigenvalue weighted by Crippen LogP contribution is -2.51. The van der Waals surface area contributed by atoms with Gasteiger partial charge in [0.05, 0.1) is 17.5 Å². The molecule has 0 aliphatic carbocycles. The van der Waals surface area contributed by atoms with E-state index in [1.54, 1.807) is 25.1 Å². The SMILES string of the molecule is CC(C)C(C)(CC(=O)O)NC(=O)c1ccc(-c2ccccc2F)o1. The summed E-state index contributed by atoms with van der Waals surface area (Å²) >= 11 is 0. The minimum Gasteiger partial charge on any atom is -0.481 e. The maximum atomic E-state index is 13.8. The van der Waals surface area contributed by atoms with Gasteiger partial charge in [-0.2, -0.15) is 0 Å². The number of carbonyl (C=O) groups is 2. The van der Waals surface area contributed by atoms with Crippen molar-refractivity contribution < 1.29 is 23.5 Å². The normalized spacial score (nSPS) is 13.5. The number of carboxylic acids is 1. The van der Waals surface area contributed by atoms with Gasteiger partial charge >= 0.3 is 5.97 Å². The van der Waals surface area contributed by atoms with Crippen LogP contribution in [0.5, 0.6) is 0 Å². The maximum Gasteiger partial charge on any atom is 0.305 e. The molecule has 24 heavy (non-hydrogen) atoms. The molecule has 0 spiro atoms. The summed E-state index contributed by atoms with van der Waals surface area (Å²) < 4.78 is 19.2. The van der Waals surface area contributed by atoms with Crippen LogP contribution < -0.4 is 5.32 Å². The van der Waals surface area contributed by atoms with Crippen LogP contribution in [0.1, 0.15) is 37.7 Å². The van der Waals surface area contributed by atoms with E-state index in [4.69, 9.17) is 9.52 Å². The van der Waals surface area contributed by atoms with Crippen molar-refractivity contribution in [2.45, 2.75) is 32.7 Å². The van der Waals surface area contributed by atoms with E-state index in [9.17, 15) is 14.0 Å². The van der Waals surface area contributed by atoms with Crippen LogP contribution in [-0.2, 0) is 4.79 Å². The summed E-state index contributed by atoms with van der Waals surface area (Å²) in [5.74, 6) is -1.84. The molecule has 0 fully saturated rings. The largest absolute Gasteiger partial charge is 0.481 e. The van der Waals surface area contributed by atoms with Gasteiger partial charge in [0.2, 0.25) is 0 Å². The van der Waals surface area contributed by atoms with Crippen molar-refractivity contribution in [3.05, 3.63) is 48.0 Å². The molecule has 1 aromatic heterocycles. The average Bonchev–Trinajstić information content (AvgIpc) is 2.96. The Bertz CT molecular complexity index is 753. The quantitative estimate of drug-likeness (QED) is 0.844. The van der Waals surface area contributed by atoms with Gasteiger partial charge < -0.3 is 14.8 Å². The van der Waals surface area contributed by atoms with E-state index in [-0.39, 0.29) is 29.4 Å². The van der Waals surface area contributed by atoms with Crippen LogP contribution in [0.4, 0.5) is 4.39 Å². The van der Waals surface area contributed by atoms with Crippen molar-refractivity contribution in [3.8, 4) is 11.3 Å². The summed E-state index contributed by atoms with van der Waals surface area (Å²) in [5, 5.41) is 11.8. The standard InChI is InChI=1S/C18H20FNO4/c1-11(2)18(3,10-16(21)22)20-17(23)15-9-8-14(24-15)12-6-4-5-7-13(12)19/h4-9,11H,10H2,1-3H3,(H,20,23)(H,21,22). The number of rotatable bonds is 6. The fourth-order valence-electron chi connectivity index (χ4n) is 2.29. The predicted molar refractivity (Wildman–Crippen MR) is 87.1 cm³/mol. The minimum atomic E-state index is -1.00. The molecular weight excluding hydrogens is 313 g/mol.